The lowest BCUT2D eigenvalue weighted by Gasteiger charge is -2.70. The van der Waals surface area contributed by atoms with Crippen molar-refractivity contribution in [1.29, 1.82) is 0 Å². The maximum absolute atomic E-state index is 13.4. The minimum Gasteiger partial charge on any atom is -0.484 e. The number of benzene rings is 1. The molecule has 3 saturated carbocycles. The van der Waals surface area contributed by atoms with Crippen LogP contribution in [0.25, 0.3) is 0 Å². The SMILES string of the molecule is Cc1cnc(C(=O)CC23CC(NC(=O)COc4ccc(Cl)c(F)c4)(C2)C3)cn1. The number of hydrogen-bond acceptors (Lipinski definition) is 5. The van der Waals surface area contributed by atoms with Gasteiger partial charge < -0.3 is 10.1 Å². The van der Waals surface area contributed by atoms with Gasteiger partial charge in [-0.3, -0.25) is 14.6 Å². The highest BCUT2D eigenvalue weighted by Crippen LogP contribution is 2.69. The van der Waals surface area contributed by atoms with E-state index in [2.05, 4.69) is 15.3 Å². The van der Waals surface area contributed by atoms with E-state index in [1.54, 1.807) is 6.20 Å². The van der Waals surface area contributed by atoms with Crippen LogP contribution in [0, 0.1) is 18.2 Å². The normalized spacial score (nSPS) is 24.7. The highest BCUT2D eigenvalue weighted by molar-refractivity contribution is 6.30. The molecule has 1 heterocycles. The molecule has 28 heavy (non-hydrogen) atoms. The van der Waals surface area contributed by atoms with Crippen LogP contribution < -0.4 is 10.1 Å². The summed E-state index contributed by atoms with van der Waals surface area (Å²) in [7, 11) is 0. The zero-order valence-electron chi connectivity index (χ0n) is 15.3. The Hall–Kier alpha value is -2.54. The molecule has 2 bridgehead atoms. The third-order valence-electron chi connectivity index (χ3n) is 5.41. The number of amides is 1. The predicted molar refractivity (Wildman–Crippen MR) is 99.8 cm³/mol. The molecular weight excluding hydrogens is 385 g/mol. The number of hydrogen-bond donors (Lipinski definition) is 1. The molecule has 0 atom stereocenters. The van der Waals surface area contributed by atoms with Gasteiger partial charge >= 0.3 is 0 Å². The van der Waals surface area contributed by atoms with Gasteiger partial charge in [0, 0.05) is 24.2 Å². The number of aromatic nitrogens is 2. The molecule has 0 radical (unpaired) electrons. The summed E-state index contributed by atoms with van der Waals surface area (Å²) in [6.07, 6.45) is 5.83. The highest BCUT2D eigenvalue weighted by Gasteiger charge is 2.68. The summed E-state index contributed by atoms with van der Waals surface area (Å²) < 4.78 is 18.7. The van der Waals surface area contributed by atoms with Gasteiger partial charge in [0.25, 0.3) is 5.91 Å². The van der Waals surface area contributed by atoms with Gasteiger partial charge in [-0.15, -0.1) is 0 Å². The Morgan fingerprint density at radius 2 is 2.00 bits per heavy atom. The fourth-order valence-corrected chi connectivity index (χ4v) is 4.45. The summed E-state index contributed by atoms with van der Waals surface area (Å²) in [4.78, 5) is 32.8. The first-order valence-electron chi connectivity index (χ1n) is 8.99. The Morgan fingerprint density at radius 1 is 1.25 bits per heavy atom. The molecule has 6 nitrogen and oxygen atoms in total. The molecule has 2 aromatic rings. The maximum Gasteiger partial charge on any atom is 0.258 e. The third kappa shape index (κ3) is 3.58. The number of nitrogens with one attached hydrogen (secondary N) is 1. The maximum atomic E-state index is 13.4. The number of carbonyl (C=O) groups excluding carboxylic acids is 2. The molecule has 1 aromatic carbocycles. The number of ketones is 1. The lowest BCUT2D eigenvalue weighted by Crippen LogP contribution is -2.75. The molecule has 0 saturated heterocycles. The van der Waals surface area contributed by atoms with Crippen LogP contribution in [-0.4, -0.2) is 33.8 Å². The van der Waals surface area contributed by atoms with Crippen molar-refractivity contribution in [1.82, 2.24) is 15.3 Å². The summed E-state index contributed by atoms with van der Waals surface area (Å²) in [6.45, 7) is 1.62. The number of aryl methyl sites for hydroxylation is 1. The Labute approximate surface area is 166 Å². The molecule has 146 valence electrons. The van der Waals surface area contributed by atoms with Gasteiger partial charge in [-0.25, -0.2) is 9.37 Å². The molecule has 5 rings (SSSR count). The van der Waals surface area contributed by atoms with Crippen LogP contribution in [0.2, 0.25) is 5.02 Å². The van der Waals surface area contributed by atoms with Crippen molar-refractivity contribution in [2.45, 2.75) is 38.1 Å². The summed E-state index contributed by atoms with van der Waals surface area (Å²) in [6, 6.07) is 4.03. The quantitative estimate of drug-likeness (QED) is 0.717. The summed E-state index contributed by atoms with van der Waals surface area (Å²) >= 11 is 5.62. The van der Waals surface area contributed by atoms with Gasteiger partial charge in [0.2, 0.25) is 0 Å². The zero-order valence-corrected chi connectivity index (χ0v) is 16.1. The van der Waals surface area contributed by atoms with E-state index in [0.29, 0.717) is 12.1 Å². The Morgan fingerprint density at radius 3 is 2.64 bits per heavy atom. The second kappa shape index (κ2) is 6.81. The number of nitrogens with zero attached hydrogens (tertiary/aromatic N) is 2. The molecular formula is C20H19ClFN3O3. The van der Waals surface area contributed by atoms with Crippen LogP contribution in [0.4, 0.5) is 4.39 Å². The number of rotatable bonds is 7. The summed E-state index contributed by atoms with van der Waals surface area (Å²) in [5.74, 6) is -0.626. The van der Waals surface area contributed by atoms with Crippen LogP contribution in [0.3, 0.4) is 0 Å². The van der Waals surface area contributed by atoms with E-state index in [0.717, 1.165) is 31.0 Å². The van der Waals surface area contributed by atoms with Crippen LogP contribution in [-0.2, 0) is 4.79 Å². The van der Waals surface area contributed by atoms with Crippen LogP contribution >= 0.6 is 11.6 Å². The molecule has 0 aliphatic heterocycles. The summed E-state index contributed by atoms with van der Waals surface area (Å²) in [5, 5.41) is 2.98. The summed E-state index contributed by atoms with van der Waals surface area (Å²) in [5.41, 5.74) is 0.867. The zero-order chi connectivity index (χ0) is 19.9. The number of Topliss-reactive ketones (excluding diaryl/α,β-unsaturated/α-hetero) is 1. The van der Waals surface area contributed by atoms with Gasteiger partial charge in [-0.1, -0.05) is 11.6 Å². The minimum atomic E-state index is -0.594. The van der Waals surface area contributed by atoms with Gasteiger partial charge in [-0.05, 0) is 43.7 Å². The second-order valence-corrected chi connectivity index (χ2v) is 8.27. The first kappa shape index (κ1) is 18.8. The molecule has 3 aliphatic carbocycles. The molecule has 3 aliphatic rings. The fourth-order valence-electron chi connectivity index (χ4n) is 4.33. The van der Waals surface area contributed by atoms with Crippen molar-refractivity contribution in [3.63, 3.8) is 0 Å². The lowest BCUT2D eigenvalue weighted by atomic mass is 9.38. The Kier molecular flexibility index (Phi) is 4.57. The molecule has 3 fully saturated rings. The van der Waals surface area contributed by atoms with Crippen molar-refractivity contribution in [3.05, 3.63) is 52.8 Å². The smallest absolute Gasteiger partial charge is 0.258 e. The van der Waals surface area contributed by atoms with Crippen molar-refractivity contribution in [2.24, 2.45) is 5.41 Å². The van der Waals surface area contributed by atoms with Gasteiger partial charge in [0.15, 0.2) is 12.4 Å². The van der Waals surface area contributed by atoms with Crippen molar-refractivity contribution in [3.8, 4) is 5.75 Å². The van der Waals surface area contributed by atoms with E-state index in [1.165, 1.54) is 18.3 Å². The average Bonchev–Trinajstić information content (AvgIpc) is 2.60. The largest absolute Gasteiger partial charge is 0.484 e. The molecule has 1 amide bonds. The number of halogens is 2. The van der Waals surface area contributed by atoms with Gasteiger partial charge in [0.05, 0.1) is 16.9 Å². The van der Waals surface area contributed by atoms with E-state index < -0.39 is 5.82 Å². The first-order chi connectivity index (χ1) is 13.3. The van der Waals surface area contributed by atoms with Crippen molar-refractivity contribution < 1.29 is 18.7 Å². The standard InChI is InChI=1S/C20H19ClFN3O3/c1-12-6-24-16(7-23-12)17(26)5-19-9-20(10-19,11-19)25-18(27)8-28-13-2-3-14(21)15(22)4-13/h2-4,6-7H,5,8-11H2,1H3,(H,25,27). The predicted octanol–water partition coefficient (Wildman–Crippen LogP) is 3.27. The average molecular weight is 404 g/mol. The second-order valence-electron chi connectivity index (χ2n) is 7.87. The minimum absolute atomic E-state index is 0.00197. The topological polar surface area (TPSA) is 81.2 Å². The van der Waals surface area contributed by atoms with Crippen molar-refractivity contribution >= 4 is 23.3 Å². The highest BCUT2D eigenvalue weighted by atomic mass is 35.5. The molecule has 8 heteroatoms. The molecule has 1 aromatic heterocycles. The molecule has 1 N–H and O–H groups in total. The Bertz CT molecular complexity index is 928. The van der Waals surface area contributed by atoms with Crippen LogP contribution in [0.1, 0.15) is 41.9 Å². The molecule has 0 spiro atoms. The van der Waals surface area contributed by atoms with E-state index in [4.69, 9.17) is 16.3 Å². The Balaban J connectivity index is 1.24. The monoisotopic (exact) mass is 403 g/mol. The van der Waals surface area contributed by atoms with Crippen LogP contribution in [0.15, 0.2) is 30.6 Å². The third-order valence-corrected chi connectivity index (χ3v) is 5.71. The first-order valence-corrected chi connectivity index (χ1v) is 9.37. The van der Waals surface area contributed by atoms with E-state index in [9.17, 15) is 14.0 Å². The fraction of sp³-hybridized carbons (Fsp3) is 0.400. The van der Waals surface area contributed by atoms with E-state index >= 15 is 0 Å². The van der Waals surface area contributed by atoms with E-state index in [-0.39, 0.29) is 40.0 Å². The number of carbonyl (C=O) groups is 2. The van der Waals surface area contributed by atoms with Gasteiger partial charge in [0.1, 0.15) is 17.3 Å². The van der Waals surface area contributed by atoms with E-state index in [1.807, 2.05) is 6.92 Å². The van der Waals surface area contributed by atoms with Gasteiger partial charge in [-0.2, -0.15) is 0 Å². The lowest BCUT2D eigenvalue weighted by molar-refractivity contribution is -0.164. The van der Waals surface area contributed by atoms with Crippen molar-refractivity contribution in [2.75, 3.05) is 6.61 Å². The van der Waals surface area contributed by atoms with Crippen LogP contribution in [0.5, 0.6) is 5.75 Å². The molecule has 0 unspecified atom stereocenters. The number of ether oxygens (including phenoxy) is 1.